The van der Waals surface area contributed by atoms with Crippen LogP contribution in [0.5, 0.6) is 0 Å². The molecule has 2 aromatic rings. The summed E-state index contributed by atoms with van der Waals surface area (Å²) in [6.07, 6.45) is 3.46. The number of benzene rings is 1. The van der Waals surface area contributed by atoms with Gasteiger partial charge in [-0.2, -0.15) is 0 Å². The van der Waals surface area contributed by atoms with E-state index in [1.54, 1.807) is 0 Å². The molecule has 0 saturated heterocycles. The number of rotatable bonds is 7. The molecule has 1 nitrogen and oxygen atoms in total. The van der Waals surface area contributed by atoms with E-state index in [0.717, 1.165) is 19.4 Å². The molecule has 108 valence electrons. The average Bonchev–Trinajstić information content (AvgIpc) is 2.82. The molecule has 0 fully saturated rings. The summed E-state index contributed by atoms with van der Waals surface area (Å²) in [5.74, 6) is 0. The number of hydrogen-bond donors (Lipinski definition) is 1. The highest BCUT2D eigenvalue weighted by Gasteiger charge is 2.03. The van der Waals surface area contributed by atoms with Crippen molar-refractivity contribution >= 4 is 27.3 Å². The summed E-state index contributed by atoms with van der Waals surface area (Å²) < 4.78 is 1.22. The Morgan fingerprint density at radius 2 is 2.05 bits per heavy atom. The van der Waals surface area contributed by atoms with Gasteiger partial charge in [0.25, 0.3) is 0 Å². The van der Waals surface area contributed by atoms with Gasteiger partial charge >= 0.3 is 0 Å². The normalized spacial score (nSPS) is 12.6. The maximum Gasteiger partial charge on any atom is 0.0701 e. The van der Waals surface area contributed by atoms with Crippen molar-refractivity contribution in [2.45, 2.75) is 39.2 Å². The van der Waals surface area contributed by atoms with E-state index >= 15 is 0 Å². The van der Waals surface area contributed by atoms with Crippen molar-refractivity contribution in [3.05, 3.63) is 56.2 Å². The van der Waals surface area contributed by atoms with E-state index in [1.165, 1.54) is 26.2 Å². The third-order valence-electron chi connectivity index (χ3n) is 3.44. The van der Waals surface area contributed by atoms with Gasteiger partial charge in [-0.25, -0.2) is 0 Å². The zero-order valence-corrected chi connectivity index (χ0v) is 14.6. The first-order valence-electron chi connectivity index (χ1n) is 7.16. The summed E-state index contributed by atoms with van der Waals surface area (Å²) in [6, 6.07) is 13.7. The molecule has 0 spiro atoms. The third-order valence-corrected chi connectivity index (χ3v) is 5.12. The Bertz CT molecular complexity index is 535. The van der Waals surface area contributed by atoms with E-state index in [0.29, 0.717) is 6.04 Å². The second-order valence-electron chi connectivity index (χ2n) is 5.34. The van der Waals surface area contributed by atoms with Gasteiger partial charge in [0.15, 0.2) is 0 Å². The molecule has 0 aliphatic rings. The van der Waals surface area contributed by atoms with Gasteiger partial charge in [0.2, 0.25) is 0 Å². The van der Waals surface area contributed by atoms with E-state index in [-0.39, 0.29) is 0 Å². The maximum absolute atomic E-state index is 3.62. The molecule has 2 rings (SSSR count). The third kappa shape index (κ3) is 5.39. The molecule has 1 aromatic heterocycles. The van der Waals surface area contributed by atoms with Crippen LogP contribution in [0.4, 0.5) is 0 Å². The van der Waals surface area contributed by atoms with Crippen LogP contribution in [0.25, 0.3) is 0 Å². The van der Waals surface area contributed by atoms with E-state index in [4.69, 9.17) is 0 Å². The van der Waals surface area contributed by atoms with Crippen molar-refractivity contribution < 1.29 is 0 Å². The Morgan fingerprint density at radius 1 is 1.20 bits per heavy atom. The molecule has 0 saturated carbocycles. The van der Waals surface area contributed by atoms with Crippen LogP contribution in [0.1, 0.15) is 29.3 Å². The van der Waals surface area contributed by atoms with E-state index in [2.05, 4.69) is 71.5 Å². The Balaban J connectivity index is 1.66. The summed E-state index contributed by atoms with van der Waals surface area (Å²) in [6.45, 7) is 5.49. The average molecular weight is 352 g/mol. The standard InChI is InChI=1S/C17H22BrNS/c1-13-4-3-5-15(12-13)7-6-14(2)19-11-10-16-8-9-17(18)20-16/h3-5,8-9,12,14,19H,6-7,10-11H2,1-2H3. The summed E-state index contributed by atoms with van der Waals surface area (Å²) in [7, 11) is 0. The lowest BCUT2D eigenvalue weighted by Crippen LogP contribution is -2.28. The second kappa shape index (κ2) is 7.96. The molecule has 0 amide bonds. The van der Waals surface area contributed by atoms with Crippen LogP contribution in [-0.4, -0.2) is 12.6 Å². The quantitative estimate of drug-likeness (QED) is 0.742. The first-order chi connectivity index (χ1) is 9.63. The highest BCUT2D eigenvalue weighted by molar-refractivity contribution is 9.11. The van der Waals surface area contributed by atoms with Gasteiger partial charge in [-0.1, -0.05) is 29.8 Å². The molecule has 1 heterocycles. The molecule has 0 aliphatic carbocycles. The molecular weight excluding hydrogens is 330 g/mol. The monoisotopic (exact) mass is 351 g/mol. The molecule has 3 heteroatoms. The minimum Gasteiger partial charge on any atom is -0.314 e. The zero-order valence-electron chi connectivity index (χ0n) is 12.2. The zero-order chi connectivity index (χ0) is 14.4. The molecule has 1 atom stereocenters. The van der Waals surface area contributed by atoms with Gasteiger partial charge in [0.05, 0.1) is 3.79 Å². The van der Waals surface area contributed by atoms with Gasteiger partial charge in [0, 0.05) is 17.5 Å². The fraction of sp³-hybridized carbons (Fsp3) is 0.412. The topological polar surface area (TPSA) is 12.0 Å². The van der Waals surface area contributed by atoms with Crippen LogP contribution >= 0.6 is 27.3 Å². The van der Waals surface area contributed by atoms with Gasteiger partial charge in [-0.15, -0.1) is 11.3 Å². The maximum atomic E-state index is 3.62. The van der Waals surface area contributed by atoms with Crippen LogP contribution in [0.15, 0.2) is 40.2 Å². The molecule has 20 heavy (non-hydrogen) atoms. The summed E-state index contributed by atoms with van der Waals surface area (Å²) >= 11 is 5.34. The van der Waals surface area contributed by atoms with Crippen molar-refractivity contribution in [2.24, 2.45) is 0 Å². The lowest BCUT2D eigenvalue weighted by Gasteiger charge is -2.13. The first kappa shape index (κ1) is 15.7. The lowest BCUT2D eigenvalue weighted by atomic mass is 10.0. The Kier molecular flexibility index (Phi) is 6.27. The molecule has 1 unspecified atom stereocenters. The predicted octanol–water partition coefficient (Wildman–Crippen LogP) is 4.97. The smallest absolute Gasteiger partial charge is 0.0701 e. The highest BCUT2D eigenvalue weighted by Crippen LogP contribution is 2.22. The van der Waals surface area contributed by atoms with Gasteiger partial charge in [-0.3, -0.25) is 0 Å². The molecular formula is C17H22BrNS. The van der Waals surface area contributed by atoms with Crippen LogP contribution in [0.3, 0.4) is 0 Å². The molecule has 0 aliphatic heterocycles. The van der Waals surface area contributed by atoms with Crippen LogP contribution in [-0.2, 0) is 12.8 Å². The van der Waals surface area contributed by atoms with E-state index in [1.807, 2.05) is 11.3 Å². The molecule has 1 aromatic carbocycles. The summed E-state index contributed by atoms with van der Waals surface area (Å²) in [4.78, 5) is 1.44. The van der Waals surface area contributed by atoms with Crippen LogP contribution < -0.4 is 5.32 Å². The number of nitrogens with one attached hydrogen (secondary N) is 1. The minimum absolute atomic E-state index is 0.568. The number of thiophene rings is 1. The van der Waals surface area contributed by atoms with Crippen molar-refractivity contribution in [1.82, 2.24) is 5.32 Å². The molecule has 0 bridgehead atoms. The fourth-order valence-electron chi connectivity index (χ4n) is 2.28. The number of aryl methyl sites for hydroxylation is 2. The minimum atomic E-state index is 0.568. The van der Waals surface area contributed by atoms with Gasteiger partial charge in [-0.05, 0) is 66.7 Å². The SMILES string of the molecule is Cc1cccc(CCC(C)NCCc2ccc(Br)s2)c1. The number of hydrogen-bond acceptors (Lipinski definition) is 2. The van der Waals surface area contributed by atoms with Gasteiger partial charge in [0.1, 0.15) is 0 Å². The number of halogens is 1. The molecule has 0 radical (unpaired) electrons. The summed E-state index contributed by atoms with van der Waals surface area (Å²) in [5.41, 5.74) is 2.80. The molecule has 1 N–H and O–H groups in total. The van der Waals surface area contributed by atoms with E-state index < -0.39 is 0 Å². The summed E-state index contributed by atoms with van der Waals surface area (Å²) in [5, 5.41) is 3.62. The van der Waals surface area contributed by atoms with Crippen molar-refractivity contribution in [2.75, 3.05) is 6.54 Å². The van der Waals surface area contributed by atoms with Crippen molar-refractivity contribution in [3.63, 3.8) is 0 Å². The lowest BCUT2D eigenvalue weighted by molar-refractivity contribution is 0.518. The van der Waals surface area contributed by atoms with E-state index in [9.17, 15) is 0 Å². The van der Waals surface area contributed by atoms with Crippen molar-refractivity contribution in [1.29, 1.82) is 0 Å². The fourth-order valence-corrected chi connectivity index (χ4v) is 3.76. The van der Waals surface area contributed by atoms with Gasteiger partial charge < -0.3 is 5.32 Å². The predicted molar refractivity (Wildman–Crippen MR) is 92.7 cm³/mol. The van der Waals surface area contributed by atoms with Crippen LogP contribution in [0, 0.1) is 6.92 Å². The largest absolute Gasteiger partial charge is 0.314 e. The Morgan fingerprint density at radius 3 is 2.75 bits per heavy atom. The highest BCUT2D eigenvalue weighted by atomic mass is 79.9. The Hall–Kier alpha value is -0.640. The van der Waals surface area contributed by atoms with Crippen LogP contribution in [0.2, 0.25) is 0 Å². The van der Waals surface area contributed by atoms with Crippen molar-refractivity contribution in [3.8, 4) is 0 Å². The first-order valence-corrected chi connectivity index (χ1v) is 8.77. The second-order valence-corrected chi connectivity index (χ2v) is 7.89. The Labute approximate surface area is 134 Å².